The number of aliphatic hydroxyl groups is 3. The second kappa shape index (κ2) is 49.0. The standard InChI is InChI=1S/C53H96O15P2/c1-3-5-7-9-11-13-15-17-19-21-22-23-24-26-28-30-32-34-36-38-40-42-53(58)64-44-50(55)46-66-70(61,62)68-48-51(56)47-67-69(59,60)65-45-49(54)43-63-52(57)41-39-37-35-33-31-29-27-25-20-18-16-14-12-10-8-6-4-2/h11-14,17-20,27,29,49-51,54-56H,3-10,15-16,21-26,28,30-48H2,1-2H3,(H,59,60)(H,61,62)/b13-11-,14-12-,19-17-,20-18-,29-27-. The van der Waals surface area contributed by atoms with Crippen LogP contribution in [0.2, 0.25) is 0 Å². The minimum atomic E-state index is -4.79. The molecule has 17 heteroatoms. The summed E-state index contributed by atoms with van der Waals surface area (Å²) in [6.07, 6.45) is 49.1. The van der Waals surface area contributed by atoms with Crippen LogP contribution in [0, 0.1) is 0 Å². The highest BCUT2D eigenvalue weighted by atomic mass is 31.2. The van der Waals surface area contributed by atoms with E-state index >= 15 is 0 Å². The average Bonchev–Trinajstić information content (AvgIpc) is 3.34. The van der Waals surface area contributed by atoms with Crippen molar-refractivity contribution < 1.29 is 71.4 Å². The van der Waals surface area contributed by atoms with Gasteiger partial charge in [0.25, 0.3) is 0 Å². The molecule has 5 N–H and O–H groups in total. The van der Waals surface area contributed by atoms with Crippen molar-refractivity contribution in [1.29, 1.82) is 0 Å². The molecule has 0 aliphatic carbocycles. The molecule has 0 heterocycles. The molecule has 0 rings (SSSR count). The molecule has 0 aromatic rings. The van der Waals surface area contributed by atoms with E-state index in [9.17, 15) is 43.8 Å². The quantitative estimate of drug-likeness (QED) is 0.0165. The predicted molar refractivity (Wildman–Crippen MR) is 279 cm³/mol. The van der Waals surface area contributed by atoms with Crippen LogP contribution in [0.5, 0.6) is 0 Å². The molecule has 5 unspecified atom stereocenters. The highest BCUT2D eigenvalue weighted by Crippen LogP contribution is 2.45. The van der Waals surface area contributed by atoms with E-state index in [0.717, 1.165) is 77.0 Å². The molecule has 0 aliphatic rings. The van der Waals surface area contributed by atoms with Crippen molar-refractivity contribution in [2.75, 3.05) is 39.6 Å². The lowest BCUT2D eigenvalue weighted by atomic mass is 10.0. The van der Waals surface area contributed by atoms with Gasteiger partial charge in [-0.15, -0.1) is 0 Å². The van der Waals surface area contributed by atoms with Crippen LogP contribution in [0.4, 0.5) is 0 Å². The van der Waals surface area contributed by atoms with E-state index < -0.39 is 85.5 Å². The Morgan fingerprint density at radius 1 is 0.371 bits per heavy atom. The van der Waals surface area contributed by atoms with E-state index in [-0.39, 0.29) is 12.8 Å². The molecule has 0 aromatic heterocycles. The zero-order chi connectivity index (χ0) is 51.7. The molecular formula is C53H96O15P2. The summed E-state index contributed by atoms with van der Waals surface area (Å²) in [5.41, 5.74) is 0. The van der Waals surface area contributed by atoms with Gasteiger partial charge >= 0.3 is 27.6 Å². The summed E-state index contributed by atoms with van der Waals surface area (Å²) < 4.78 is 53.1. The Morgan fingerprint density at radius 2 is 0.614 bits per heavy atom. The highest BCUT2D eigenvalue weighted by Gasteiger charge is 2.28. The third-order valence-electron chi connectivity index (χ3n) is 10.9. The first-order valence-electron chi connectivity index (χ1n) is 26.6. The molecule has 0 bridgehead atoms. The molecule has 0 radical (unpaired) electrons. The van der Waals surface area contributed by atoms with Crippen molar-refractivity contribution in [3.05, 3.63) is 60.8 Å². The molecule has 15 nitrogen and oxygen atoms in total. The molecule has 0 saturated carbocycles. The SMILES string of the molecule is CCCCC/C=C\C/C=C\C/C=C\CCCCCCC(=O)OCC(O)COP(=O)(O)OCC(O)COP(=O)(O)OCC(O)COC(=O)CCCCCCCCCCCCC/C=C\C/C=C\CCCCC. The summed E-state index contributed by atoms with van der Waals surface area (Å²) in [4.78, 5) is 43.9. The van der Waals surface area contributed by atoms with Gasteiger partial charge in [-0.3, -0.25) is 27.7 Å². The van der Waals surface area contributed by atoms with Gasteiger partial charge < -0.3 is 34.6 Å². The molecule has 70 heavy (non-hydrogen) atoms. The first-order valence-corrected chi connectivity index (χ1v) is 29.6. The third kappa shape index (κ3) is 50.7. The number of hydrogen-bond donors (Lipinski definition) is 5. The second-order valence-electron chi connectivity index (χ2n) is 17.9. The summed E-state index contributed by atoms with van der Waals surface area (Å²) in [5.74, 6) is -1.02. The van der Waals surface area contributed by atoms with Crippen molar-refractivity contribution in [3.8, 4) is 0 Å². The Hall–Kier alpha value is -2.26. The monoisotopic (exact) mass is 1030 g/mol. The molecular weight excluding hydrogens is 939 g/mol. The highest BCUT2D eigenvalue weighted by molar-refractivity contribution is 7.47. The van der Waals surface area contributed by atoms with Crippen LogP contribution in [0.25, 0.3) is 0 Å². The Balaban J connectivity index is 3.86. The number of phosphoric acid groups is 2. The van der Waals surface area contributed by atoms with Gasteiger partial charge in [-0.05, 0) is 83.5 Å². The predicted octanol–water partition coefficient (Wildman–Crippen LogP) is 12.9. The molecule has 0 aliphatic heterocycles. The van der Waals surface area contributed by atoms with Gasteiger partial charge in [-0.25, -0.2) is 9.13 Å². The number of carbonyl (C=O) groups is 2. The lowest BCUT2D eigenvalue weighted by Crippen LogP contribution is -2.25. The topological polar surface area (TPSA) is 225 Å². The second-order valence-corrected chi connectivity index (χ2v) is 20.8. The maximum atomic E-state index is 12.2. The van der Waals surface area contributed by atoms with E-state index in [1.165, 1.54) is 89.9 Å². The summed E-state index contributed by atoms with van der Waals surface area (Å²) in [5, 5.41) is 30.1. The molecule has 408 valence electrons. The fourth-order valence-corrected chi connectivity index (χ4v) is 8.37. The fourth-order valence-electron chi connectivity index (χ4n) is 6.78. The van der Waals surface area contributed by atoms with Crippen molar-refractivity contribution in [2.24, 2.45) is 0 Å². The van der Waals surface area contributed by atoms with E-state index in [1.54, 1.807) is 0 Å². The third-order valence-corrected chi connectivity index (χ3v) is 12.8. The van der Waals surface area contributed by atoms with Gasteiger partial charge in [-0.1, -0.05) is 171 Å². The minimum absolute atomic E-state index is 0.169. The van der Waals surface area contributed by atoms with Crippen LogP contribution in [0.15, 0.2) is 60.8 Å². The van der Waals surface area contributed by atoms with Gasteiger partial charge in [0.2, 0.25) is 0 Å². The molecule has 5 atom stereocenters. The maximum absolute atomic E-state index is 12.2. The number of rotatable bonds is 51. The number of aliphatic hydroxyl groups excluding tert-OH is 3. The number of hydrogen-bond acceptors (Lipinski definition) is 13. The Bertz CT molecular complexity index is 1480. The minimum Gasteiger partial charge on any atom is -0.463 e. The summed E-state index contributed by atoms with van der Waals surface area (Å²) in [6.45, 7) is 0.356. The summed E-state index contributed by atoms with van der Waals surface area (Å²) in [6, 6.07) is 0. The number of ether oxygens (including phenoxy) is 2. The first kappa shape index (κ1) is 67.7. The first-order chi connectivity index (χ1) is 33.8. The van der Waals surface area contributed by atoms with Crippen LogP contribution in [0.3, 0.4) is 0 Å². The number of carbonyl (C=O) groups excluding carboxylic acids is 2. The molecule has 0 fully saturated rings. The van der Waals surface area contributed by atoms with Crippen molar-refractivity contribution >= 4 is 27.6 Å². The number of unbranched alkanes of at least 4 members (excludes halogenated alkanes) is 21. The lowest BCUT2D eigenvalue weighted by Gasteiger charge is -2.19. The Labute approximate surface area is 422 Å². The van der Waals surface area contributed by atoms with E-state index in [2.05, 4.69) is 88.2 Å². The van der Waals surface area contributed by atoms with Gasteiger partial charge in [0.15, 0.2) is 0 Å². The maximum Gasteiger partial charge on any atom is 0.472 e. The van der Waals surface area contributed by atoms with Crippen LogP contribution < -0.4 is 0 Å². The van der Waals surface area contributed by atoms with Crippen LogP contribution in [0.1, 0.15) is 206 Å². The zero-order valence-electron chi connectivity index (χ0n) is 43.2. The molecule has 0 aromatic carbocycles. The van der Waals surface area contributed by atoms with Crippen molar-refractivity contribution in [2.45, 2.75) is 225 Å². The zero-order valence-corrected chi connectivity index (χ0v) is 45.0. The average molecular weight is 1040 g/mol. The number of phosphoric ester groups is 2. The number of allylic oxidation sites excluding steroid dienone is 10. The summed E-state index contributed by atoms with van der Waals surface area (Å²) >= 11 is 0. The van der Waals surface area contributed by atoms with Crippen LogP contribution >= 0.6 is 15.6 Å². The normalized spacial score (nSPS) is 15.4. The van der Waals surface area contributed by atoms with E-state index in [0.29, 0.717) is 12.8 Å². The van der Waals surface area contributed by atoms with Gasteiger partial charge in [-0.2, -0.15) is 0 Å². The van der Waals surface area contributed by atoms with Gasteiger partial charge in [0.05, 0.1) is 26.4 Å². The molecule has 0 amide bonds. The van der Waals surface area contributed by atoms with Crippen LogP contribution in [-0.2, 0) is 46.3 Å². The molecule has 0 saturated heterocycles. The van der Waals surface area contributed by atoms with E-state index in [1.807, 2.05) is 0 Å². The lowest BCUT2D eigenvalue weighted by molar-refractivity contribution is -0.148. The largest absolute Gasteiger partial charge is 0.472 e. The van der Waals surface area contributed by atoms with Gasteiger partial charge in [0, 0.05) is 12.8 Å². The van der Waals surface area contributed by atoms with Gasteiger partial charge in [0.1, 0.15) is 31.5 Å². The fraction of sp³-hybridized carbons (Fsp3) is 0.774. The number of esters is 2. The van der Waals surface area contributed by atoms with E-state index in [4.69, 9.17) is 14.0 Å². The molecule has 0 spiro atoms. The van der Waals surface area contributed by atoms with Crippen LogP contribution in [-0.4, -0.2) is 95.0 Å². The summed E-state index contributed by atoms with van der Waals surface area (Å²) in [7, 11) is -9.59. The Kier molecular flexibility index (Phi) is 47.4. The smallest absolute Gasteiger partial charge is 0.463 e. The van der Waals surface area contributed by atoms with Crippen molar-refractivity contribution in [3.63, 3.8) is 0 Å². The Morgan fingerprint density at radius 3 is 0.914 bits per heavy atom. The van der Waals surface area contributed by atoms with Crippen molar-refractivity contribution in [1.82, 2.24) is 0 Å².